The van der Waals surface area contributed by atoms with Crippen molar-refractivity contribution in [2.45, 2.75) is 26.3 Å². The van der Waals surface area contributed by atoms with Gasteiger partial charge in [-0.1, -0.05) is 30.7 Å². The summed E-state index contributed by atoms with van der Waals surface area (Å²) in [6.07, 6.45) is 5.66. The minimum absolute atomic E-state index is 0.543. The van der Waals surface area contributed by atoms with Crippen LogP contribution in [-0.4, -0.2) is 23.1 Å². The molecule has 4 nitrogen and oxygen atoms in total. The fourth-order valence-electron chi connectivity index (χ4n) is 2.72. The first-order valence-electron chi connectivity index (χ1n) is 7.75. The number of nitrogens with zero attached hydrogens (tertiary/aromatic N) is 3. The predicted octanol–water partition coefficient (Wildman–Crippen LogP) is 3.98. The first kappa shape index (κ1) is 15.1. The summed E-state index contributed by atoms with van der Waals surface area (Å²) in [6, 6.07) is 8.73. The second kappa shape index (κ2) is 6.97. The summed E-state index contributed by atoms with van der Waals surface area (Å²) < 4.78 is 0. The number of anilines is 2. The molecule has 116 valence electrons. The monoisotopic (exact) mass is 316 g/mol. The van der Waals surface area contributed by atoms with Crippen LogP contribution in [0.3, 0.4) is 0 Å². The summed E-state index contributed by atoms with van der Waals surface area (Å²) >= 11 is 6.03. The zero-order valence-corrected chi connectivity index (χ0v) is 13.6. The van der Waals surface area contributed by atoms with Crippen molar-refractivity contribution < 1.29 is 0 Å². The number of piperidine rings is 1. The fraction of sp³-hybridized carbons (Fsp3) is 0.412. The molecule has 3 rings (SSSR count). The van der Waals surface area contributed by atoms with Crippen LogP contribution in [0.1, 0.15) is 25.3 Å². The highest BCUT2D eigenvalue weighted by Gasteiger charge is 2.15. The van der Waals surface area contributed by atoms with Crippen molar-refractivity contribution in [2.75, 3.05) is 23.3 Å². The number of hydrogen-bond donors (Lipinski definition) is 1. The Bertz CT molecular complexity index is 606. The molecular formula is C17H21ClN4. The van der Waals surface area contributed by atoms with E-state index in [1.54, 1.807) is 6.20 Å². The Hall–Kier alpha value is -1.81. The van der Waals surface area contributed by atoms with Crippen LogP contribution >= 0.6 is 11.6 Å². The Morgan fingerprint density at radius 2 is 1.95 bits per heavy atom. The Morgan fingerprint density at radius 3 is 2.64 bits per heavy atom. The lowest BCUT2D eigenvalue weighted by molar-refractivity contribution is 0.438. The molecule has 1 aromatic carbocycles. The molecule has 0 saturated carbocycles. The number of aromatic nitrogens is 2. The standard InChI is InChI=1S/C17H21ClN4/c1-13-6-8-22(9-7-13)15-4-2-14(3-5-15)10-20-17-16(18)11-19-12-21-17/h2-5,11-13H,6-10H2,1H3,(H,19,20,21). The van der Waals surface area contributed by atoms with Gasteiger partial charge in [0.05, 0.1) is 6.20 Å². The molecular weight excluding hydrogens is 296 g/mol. The van der Waals surface area contributed by atoms with Crippen LogP contribution in [-0.2, 0) is 6.54 Å². The predicted molar refractivity (Wildman–Crippen MR) is 91.4 cm³/mol. The van der Waals surface area contributed by atoms with Crippen molar-refractivity contribution >= 4 is 23.1 Å². The third kappa shape index (κ3) is 3.69. The third-order valence-electron chi connectivity index (χ3n) is 4.21. The molecule has 2 heterocycles. The number of rotatable bonds is 4. The maximum Gasteiger partial charge on any atom is 0.148 e. The van der Waals surface area contributed by atoms with Crippen LogP contribution in [0.25, 0.3) is 0 Å². The first-order valence-corrected chi connectivity index (χ1v) is 8.13. The zero-order chi connectivity index (χ0) is 15.4. The molecule has 1 aromatic heterocycles. The molecule has 0 unspecified atom stereocenters. The molecule has 1 fully saturated rings. The minimum atomic E-state index is 0.543. The maximum absolute atomic E-state index is 6.03. The first-order chi connectivity index (χ1) is 10.7. The normalized spacial score (nSPS) is 15.8. The Kier molecular flexibility index (Phi) is 4.78. The molecule has 2 aromatic rings. The smallest absolute Gasteiger partial charge is 0.148 e. The highest BCUT2D eigenvalue weighted by molar-refractivity contribution is 6.32. The third-order valence-corrected chi connectivity index (χ3v) is 4.49. The molecule has 5 heteroatoms. The van der Waals surface area contributed by atoms with Crippen molar-refractivity contribution in [1.82, 2.24) is 9.97 Å². The fourth-order valence-corrected chi connectivity index (χ4v) is 2.89. The molecule has 1 N–H and O–H groups in total. The van der Waals surface area contributed by atoms with Crippen LogP contribution in [0.4, 0.5) is 11.5 Å². The van der Waals surface area contributed by atoms with Crippen molar-refractivity contribution in [3.05, 3.63) is 47.4 Å². The quantitative estimate of drug-likeness (QED) is 0.926. The van der Waals surface area contributed by atoms with Gasteiger partial charge in [-0.25, -0.2) is 9.97 Å². The van der Waals surface area contributed by atoms with Gasteiger partial charge in [0.15, 0.2) is 0 Å². The van der Waals surface area contributed by atoms with E-state index in [0.717, 1.165) is 19.0 Å². The molecule has 0 atom stereocenters. The maximum atomic E-state index is 6.03. The molecule has 0 aliphatic carbocycles. The van der Waals surface area contributed by atoms with E-state index in [-0.39, 0.29) is 0 Å². The van der Waals surface area contributed by atoms with E-state index in [0.29, 0.717) is 17.4 Å². The summed E-state index contributed by atoms with van der Waals surface area (Å²) in [5.74, 6) is 1.53. The summed E-state index contributed by atoms with van der Waals surface area (Å²) in [6.45, 7) is 5.36. The molecule has 0 amide bonds. The van der Waals surface area contributed by atoms with Gasteiger partial charge in [0.25, 0.3) is 0 Å². The highest BCUT2D eigenvalue weighted by atomic mass is 35.5. The lowest BCUT2D eigenvalue weighted by Gasteiger charge is -2.32. The van der Waals surface area contributed by atoms with Crippen molar-refractivity contribution in [3.8, 4) is 0 Å². The SMILES string of the molecule is CC1CCN(c2ccc(CNc3ncncc3Cl)cc2)CC1. The Balaban J connectivity index is 1.59. The molecule has 0 radical (unpaired) electrons. The van der Waals surface area contributed by atoms with E-state index in [1.807, 2.05) is 0 Å². The van der Waals surface area contributed by atoms with Gasteiger partial charge in [-0.3, -0.25) is 0 Å². The van der Waals surface area contributed by atoms with Crippen LogP contribution in [0.2, 0.25) is 5.02 Å². The average molecular weight is 317 g/mol. The number of benzene rings is 1. The molecule has 1 aliphatic heterocycles. The van der Waals surface area contributed by atoms with Crippen LogP contribution in [0, 0.1) is 5.92 Å². The van der Waals surface area contributed by atoms with E-state index < -0.39 is 0 Å². The van der Waals surface area contributed by atoms with Gasteiger partial charge >= 0.3 is 0 Å². The van der Waals surface area contributed by atoms with E-state index >= 15 is 0 Å². The molecule has 1 aliphatic rings. The summed E-state index contributed by atoms with van der Waals surface area (Å²) in [7, 11) is 0. The van der Waals surface area contributed by atoms with E-state index in [1.165, 1.54) is 30.4 Å². The van der Waals surface area contributed by atoms with Crippen molar-refractivity contribution in [3.63, 3.8) is 0 Å². The van der Waals surface area contributed by atoms with Crippen LogP contribution < -0.4 is 10.2 Å². The van der Waals surface area contributed by atoms with Gasteiger partial charge in [-0.05, 0) is 36.5 Å². The highest BCUT2D eigenvalue weighted by Crippen LogP contribution is 2.23. The summed E-state index contributed by atoms with van der Waals surface area (Å²) in [5, 5.41) is 3.78. The van der Waals surface area contributed by atoms with E-state index in [4.69, 9.17) is 11.6 Å². The van der Waals surface area contributed by atoms with Gasteiger partial charge in [-0.15, -0.1) is 0 Å². The van der Waals surface area contributed by atoms with Crippen LogP contribution in [0.5, 0.6) is 0 Å². The molecule has 0 bridgehead atoms. The molecule has 1 saturated heterocycles. The van der Waals surface area contributed by atoms with Crippen LogP contribution in [0.15, 0.2) is 36.8 Å². The van der Waals surface area contributed by atoms with Gasteiger partial charge in [-0.2, -0.15) is 0 Å². The topological polar surface area (TPSA) is 41.0 Å². The second-order valence-electron chi connectivity index (χ2n) is 5.91. The van der Waals surface area contributed by atoms with Gasteiger partial charge in [0.1, 0.15) is 17.2 Å². The largest absolute Gasteiger partial charge is 0.372 e. The lowest BCUT2D eigenvalue weighted by atomic mass is 9.99. The number of halogens is 1. The zero-order valence-electron chi connectivity index (χ0n) is 12.8. The second-order valence-corrected chi connectivity index (χ2v) is 6.32. The lowest BCUT2D eigenvalue weighted by Crippen LogP contribution is -2.32. The van der Waals surface area contributed by atoms with Gasteiger partial charge < -0.3 is 10.2 Å². The number of nitrogens with one attached hydrogen (secondary N) is 1. The number of hydrogen-bond acceptors (Lipinski definition) is 4. The van der Waals surface area contributed by atoms with Crippen molar-refractivity contribution in [1.29, 1.82) is 0 Å². The van der Waals surface area contributed by atoms with Gasteiger partial charge in [0.2, 0.25) is 0 Å². The van der Waals surface area contributed by atoms with E-state index in [9.17, 15) is 0 Å². The molecule has 0 spiro atoms. The summed E-state index contributed by atoms with van der Waals surface area (Å²) in [4.78, 5) is 10.5. The average Bonchev–Trinajstić information content (AvgIpc) is 2.55. The minimum Gasteiger partial charge on any atom is -0.372 e. The summed E-state index contributed by atoms with van der Waals surface area (Å²) in [5.41, 5.74) is 2.53. The molecule has 22 heavy (non-hydrogen) atoms. The Labute approximate surface area is 136 Å². The Morgan fingerprint density at radius 1 is 1.23 bits per heavy atom. The van der Waals surface area contributed by atoms with Gasteiger partial charge in [0, 0.05) is 25.3 Å². The van der Waals surface area contributed by atoms with E-state index in [2.05, 4.69) is 51.4 Å². The van der Waals surface area contributed by atoms with Crippen molar-refractivity contribution in [2.24, 2.45) is 5.92 Å².